The Morgan fingerprint density at radius 1 is 1.26 bits per heavy atom. The van der Waals surface area contributed by atoms with Gasteiger partial charge in [-0.2, -0.15) is 0 Å². The van der Waals surface area contributed by atoms with Gasteiger partial charge in [-0.15, -0.1) is 11.3 Å². The summed E-state index contributed by atoms with van der Waals surface area (Å²) in [5, 5.41) is 5.90. The monoisotopic (exact) mass is 271 g/mol. The van der Waals surface area contributed by atoms with Crippen LogP contribution >= 0.6 is 11.3 Å². The Labute approximate surface area is 119 Å². The van der Waals surface area contributed by atoms with Crippen LogP contribution in [0.15, 0.2) is 41.8 Å². The zero-order valence-electron chi connectivity index (χ0n) is 11.4. The summed E-state index contributed by atoms with van der Waals surface area (Å²) < 4.78 is 0. The minimum Gasteiger partial charge on any atom is -0.309 e. The van der Waals surface area contributed by atoms with Gasteiger partial charge in [0.05, 0.1) is 0 Å². The van der Waals surface area contributed by atoms with E-state index in [-0.39, 0.29) is 0 Å². The zero-order chi connectivity index (χ0) is 13.1. The van der Waals surface area contributed by atoms with E-state index in [9.17, 15) is 0 Å². The number of hydrogen-bond acceptors (Lipinski definition) is 2. The highest BCUT2D eigenvalue weighted by molar-refractivity contribution is 7.10. The van der Waals surface area contributed by atoms with Crippen molar-refractivity contribution in [1.82, 2.24) is 5.32 Å². The summed E-state index contributed by atoms with van der Waals surface area (Å²) in [5.41, 5.74) is 3.12. The highest BCUT2D eigenvalue weighted by Gasteiger charge is 2.28. The fourth-order valence-electron chi connectivity index (χ4n) is 2.97. The molecular weight excluding hydrogens is 250 g/mol. The van der Waals surface area contributed by atoms with Crippen LogP contribution in [0, 0.1) is 0 Å². The summed E-state index contributed by atoms with van der Waals surface area (Å²) in [7, 11) is 0. The minimum atomic E-state index is 0.526. The molecule has 3 rings (SSSR count). The van der Waals surface area contributed by atoms with Gasteiger partial charge in [-0.3, -0.25) is 0 Å². The van der Waals surface area contributed by atoms with Crippen LogP contribution in [-0.2, 0) is 6.42 Å². The van der Waals surface area contributed by atoms with Crippen molar-refractivity contribution in [2.24, 2.45) is 0 Å². The normalized spacial score (nSPS) is 18.7. The van der Waals surface area contributed by atoms with E-state index in [1.54, 1.807) is 11.1 Å². The number of thiophene rings is 1. The van der Waals surface area contributed by atoms with Gasteiger partial charge in [-0.25, -0.2) is 0 Å². The summed E-state index contributed by atoms with van der Waals surface area (Å²) in [6.07, 6.45) is 3.69. The summed E-state index contributed by atoms with van der Waals surface area (Å²) in [6, 6.07) is 13.8. The molecule has 0 aliphatic heterocycles. The van der Waals surface area contributed by atoms with Crippen LogP contribution in [0.3, 0.4) is 0 Å². The third-order valence-electron chi connectivity index (χ3n) is 4.01. The number of nitrogens with one attached hydrogen (secondary N) is 1. The van der Waals surface area contributed by atoms with Gasteiger partial charge in [0.25, 0.3) is 0 Å². The van der Waals surface area contributed by atoms with Gasteiger partial charge in [-0.05, 0) is 54.3 Å². The van der Waals surface area contributed by atoms with Crippen molar-refractivity contribution >= 4 is 11.3 Å². The second-order valence-corrected chi connectivity index (χ2v) is 6.34. The highest BCUT2D eigenvalue weighted by Crippen LogP contribution is 2.41. The second kappa shape index (κ2) is 5.89. The molecule has 2 unspecified atom stereocenters. The van der Waals surface area contributed by atoms with Gasteiger partial charge in [0, 0.05) is 10.9 Å². The van der Waals surface area contributed by atoms with Crippen molar-refractivity contribution in [3.63, 3.8) is 0 Å². The maximum absolute atomic E-state index is 3.71. The van der Waals surface area contributed by atoms with E-state index in [1.165, 1.54) is 24.1 Å². The van der Waals surface area contributed by atoms with Gasteiger partial charge in [0.2, 0.25) is 0 Å². The third-order valence-corrected chi connectivity index (χ3v) is 4.99. The molecule has 19 heavy (non-hydrogen) atoms. The largest absolute Gasteiger partial charge is 0.309 e. The molecule has 1 nitrogen and oxygen atoms in total. The number of hydrogen-bond donors (Lipinski definition) is 1. The zero-order valence-corrected chi connectivity index (χ0v) is 12.2. The maximum atomic E-state index is 3.71. The van der Waals surface area contributed by atoms with Gasteiger partial charge < -0.3 is 5.32 Å². The Balaban J connectivity index is 1.69. The minimum absolute atomic E-state index is 0.526. The Bertz CT molecular complexity index is 518. The Morgan fingerprint density at radius 3 is 2.89 bits per heavy atom. The van der Waals surface area contributed by atoms with Crippen LogP contribution in [0.2, 0.25) is 0 Å². The SMILES string of the molecule is CCCNC(CC1Cc2ccccc21)c1cccs1. The first-order valence-corrected chi connectivity index (χ1v) is 8.11. The van der Waals surface area contributed by atoms with Crippen LogP contribution < -0.4 is 5.32 Å². The first kappa shape index (κ1) is 12.9. The van der Waals surface area contributed by atoms with Crippen molar-refractivity contribution < 1.29 is 0 Å². The van der Waals surface area contributed by atoms with E-state index < -0.39 is 0 Å². The summed E-state index contributed by atoms with van der Waals surface area (Å²) in [4.78, 5) is 1.48. The number of fused-ring (bicyclic) bond motifs is 1. The average molecular weight is 271 g/mol. The summed E-state index contributed by atoms with van der Waals surface area (Å²) >= 11 is 1.88. The molecule has 1 aromatic heterocycles. The molecule has 0 saturated carbocycles. The Kier molecular flexibility index (Phi) is 4.00. The fraction of sp³-hybridized carbons (Fsp3) is 0.412. The Morgan fingerprint density at radius 2 is 2.16 bits per heavy atom. The lowest BCUT2D eigenvalue weighted by Gasteiger charge is -2.33. The van der Waals surface area contributed by atoms with E-state index in [4.69, 9.17) is 0 Å². The molecule has 0 radical (unpaired) electrons. The van der Waals surface area contributed by atoms with Crippen molar-refractivity contribution in [1.29, 1.82) is 0 Å². The van der Waals surface area contributed by atoms with Gasteiger partial charge >= 0.3 is 0 Å². The molecule has 0 saturated heterocycles. The molecule has 0 amide bonds. The molecule has 2 atom stereocenters. The quantitative estimate of drug-likeness (QED) is 0.814. The maximum Gasteiger partial charge on any atom is 0.0420 e. The van der Waals surface area contributed by atoms with Crippen LogP contribution in [0.4, 0.5) is 0 Å². The van der Waals surface area contributed by atoms with Crippen LogP contribution in [0.5, 0.6) is 0 Å². The molecule has 100 valence electrons. The topological polar surface area (TPSA) is 12.0 Å². The molecule has 1 aromatic carbocycles. The van der Waals surface area contributed by atoms with Gasteiger partial charge in [0.1, 0.15) is 0 Å². The molecule has 1 aliphatic carbocycles. The molecule has 2 aromatic rings. The first-order valence-electron chi connectivity index (χ1n) is 7.23. The molecule has 0 spiro atoms. The van der Waals surface area contributed by atoms with Crippen LogP contribution in [0.25, 0.3) is 0 Å². The van der Waals surface area contributed by atoms with Gasteiger partial charge in [0.15, 0.2) is 0 Å². The molecule has 2 heteroatoms. The molecular formula is C17H21NS. The average Bonchev–Trinajstić information content (AvgIpc) is 2.93. The molecule has 1 heterocycles. The molecule has 0 fully saturated rings. The third kappa shape index (κ3) is 2.75. The van der Waals surface area contributed by atoms with Crippen molar-refractivity contribution in [2.75, 3.05) is 6.54 Å². The van der Waals surface area contributed by atoms with Crippen molar-refractivity contribution in [3.05, 3.63) is 57.8 Å². The Hall–Kier alpha value is -1.12. The highest BCUT2D eigenvalue weighted by atomic mass is 32.1. The smallest absolute Gasteiger partial charge is 0.0420 e. The molecule has 1 aliphatic rings. The lowest BCUT2D eigenvalue weighted by molar-refractivity contribution is 0.433. The molecule has 1 N–H and O–H groups in total. The predicted octanol–water partition coefficient (Wildman–Crippen LogP) is 4.52. The summed E-state index contributed by atoms with van der Waals surface area (Å²) in [6.45, 7) is 3.34. The first-order chi connectivity index (χ1) is 9.38. The lowest BCUT2D eigenvalue weighted by Crippen LogP contribution is -2.27. The molecule has 0 bridgehead atoms. The van der Waals surface area contributed by atoms with E-state index in [0.717, 1.165) is 12.5 Å². The van der Waals surface area contributed by atoms with E-state index >= 15 is 0 Å². The van der Waals surface area contributed by atoms with Crippen molar-refractivity contribution in [2.45, 2.75) is 38.1 Å². The van der Waals surface area contributed by atoms with Crippen molar-refractivity contribution in [3.8, 4) is 0 Å². The standard InChI is InChI=1S/C17H21NS/c1-2-9-18-16(17-8-5-10-19-17)12-14-11-13-6-3-4-7-15(13)14/h3-8,10,14,16,18H,2,9,11-12H2,1H3. The second-order valence-electron chi connectivity index (χ2n) is 5.36. The summed E-state index contributed by atoms with van der Waals surface area (Å²) in [5.74, 6) is 0.743. The van der Waals surface area contributed by atoms with E-state index in [1.807, 2.05) is 11.3 Å². The van der Waals surface area contributed by atoms with Crippen LogP contribution in [-0.4, -0.2) is 6.54 Å². The number of benzene rings is 1. The lowest BCUT2D eigenvalue weighted by atomic mass is 9.74. The van der Waals surface area contributed by atoms with Gasteiger partial charge in [-0.1, -0.05) is 37.3 Å². The van der Waals surface area contributed by atoms with E-state index in [2.05, 4.69) is 54.0 Å². The van der Waals surface area contributed by atoms with E-state index in [0.29, 0.717) is 6.04 Å². The predicted molar refractivity (Wildman–Crippen MR) is 82.9 cm³/mol. The number of rotatable bonds is 6. The fourth-order valence-corrected chi connectivity index (χ4v) is 3.78. The van der Waals surface area contributed by atoms with Crippen LogP contribution in [0.1, 0.15) is 47.7 Å².